The molecule has 2 atom stereocenters. The second kappa shape index (κ2) is 6.15. The molecule has 1 aliphatic rings. The monoisotopic (exact) mass is 381 g/mol. The summed E-state index contributed by atoms with van der Waals surface area (Å²) in [6.45, 7) is 2.66. The van der Waals surface area contributed by atoms with Gasteiger partial charge in [0.25, 0.3) is 5.95 Å². The van der Waals surface area contributed by atoms with Gasteiger partial charge in [0.05, 0.1) is 5.92 Å². The van der Waals surface area contributed by atoms with E-state index in [-0.39, 0.29) is 24.4 Å². The van der Waals surface area contributed by atoms with Crippen molar-refractivity contribution in [2.75, 3.05) is 18.4 Å². The van der Waals surface area contributed by atoms with E-state index in [0.717, 1.165) is 4.47 Å². The molecule has 122 valence electrons. The summed E-state index contributed by atoms with van der Waals surface area (Å²) in [5.74, 6) is -1.07. The average Bonchev–Trinajstić information content (AvgIpc) is 2.87. The van der Waals surface area contributed by atoms with Gasteiger partial charge < -0.3 is 10.0 Å². The topological polar surface area (TPSA) is 99.8 Å². The molecule has 0 aliphatic carbocycles. The van der Waals surface area contributed by atoms with E-state index in [2.05, 4.69) is 31.3 Å². The molecule has 2 aromatic rings. The molecule has 9 heteroatoms. The molecule has 23 heavy (non-hydrogen) atoms. The second-order valence-corrected chi connectivity index (χ2v) is 6.71. The van der Waals surface area contributed by atoms with Crippen molar-refractivity contribution < 1.29 is 14.7 Å². The Morgan fingerprint density at radius 2 is 2.22 bits per heavy atom. The lowest BCUT2D eigenvalue weighted by Gasteiger charge is -2.34. The number of piperidine rings is 1. The van der Waals surface area contributed by atoms with E-state index in [4.69, 9.17) is 0 Å². The molecular formula is C14H16BrN5O3. The third-order valence-corrected chi connectivity index (χ3v) is 4.31. The van der Waals surface area contributed by atoms with Crippen molar-refractivity contribution >= 4 is 39.5 Å². The van der Waals surface area contributed by atoms with Crippen LogP contribution in [-0.2, 0) is 4.79 Å². The van der Waals surface area contributed by atoms with Crippen LogP contribution in [0.15, 0.2) is 22.8 Å². The zero-order valence-electron chi connectivity index (χ0n) is 12.4. The van der Waals surface area contributed by atoms with Crippen molar-refractivity contribution in [3.05, 3.63) is 22.8 Å². The average molecular weight is 382 g/mol. The number of hydrogen-bond donors (Lipinski definition) is 2. The Balaban J connectivity index is 1.73. The number of urea groups is 1. The summed E-state index contributed by atoms with van der Waals surface area (Å²) in [7, 11) is 0. The van der Waals surface area contributed by atoms with E-state index in [0.29, 0.717) is 18.6 Å². The number of aromatic nitrogens is 3. The second-order valence-electron chi connectivity index (χ2n) is 5.79. The van der Waals surface area contributed by atoms with Crippen LogP contribution < -0.4 is 5.32 Å². The molecule has 0 saturated carbocycles. The number of carboxylic acid groups (broad SMARTS) is 1. The summed E-state index contributed by atoms with van der Waals surface area (Å²) in [5, 5.41) is 16.0. The Morgan fingerprint density at radius 1 is 1.43 bits per heavy atom. The molecule has 3 heterocycles. The Morgan fingerprint density at radius 3 is 2.96 bits per heavy atom. The van der Waals surface area contributed by atoms with Crippen LogP contribution in [0.3, 0.4) is 0 Å². The molecule has 1 saturated heterocycles. The highest BCUT2D eigenvalue weighted by atomic mass is 79.9. The van der Waals surface area contributed by atoms with E-state index in [9.17, 15) is 14.7 Å². The fraction of sp³-hybridized carbons (Fsp3) is 0.429. The minimum atomic E-state index is -0.870. The van der Waals surface area contributed by atoms with Crippen molar-refractivity contribution in [1.29, 1.82) is 0 Å². The third-order valence-electron chi connectivity index (χ3n) is 3.81. The van der Waals surface area contributed by atoms with Gasteiger partial charge >= 0.3 is 12.0 Å². The number of nitrogens with one attached hydrogen (secondary N) is 1. The summed E-state index contributed by atoms with van der Waals surface area (Å²) < 4.78 is 2.42. The summed E-state index contributed by atoms with van der Waals surface area (Å²) in [4.78, 5) is 29.3. The molecule has 2 unspecified atom stereocenters. The largest absolute Gasteiger partial charge is 0.481 e. The third kappa shape index (κ3) is 3.44. The van der Waals surface area contributed by atoms with Gasteiger partial charge in [0, 0.05) is 23.8 Å². The number of aliphatic carboxylic acids is 1. The number of fused-ring (bicyclic) bond motifs is 1. The fourth-order valence-electron chi connectivity index (χ4n) is 2.78. The van der Waals surface area contributed by atoms with Gasteiger partial charge in [-0.15, -0.1) is 5.10 Å². The summed E-state index contributed by atoms with van der Waals surface area (Å²) in [5.41, 5.74) is 0.602. The number of amides is 2. The van der Waals surface area contributed by atoms with Gasteiger partial charge in [0.2, 0.25) is 0 Å². The Bertz CT molecular complexity index is 762. The first-order chi connectivity index (χ1) is 10.9. The number of carbonyl (C=O) groups excluding carboxylic acids is 1. The standard InChI is InChI=1S/C14H16BrN5O3/c1-8-4-9(12(21)22)7-19(6-8)14(23)17-13-16-11-5-10(15)2-3-20(11)18-13/h2-3,5,8-9H,4,6-7H2,1H3,(H,21,22)(H,17,18,23). The number of likely N-dealkylation sites (tertiary alicyclic amines) is 1. The van der Waals surface area contributed by atoms with Crippen LogP contribution in [0.25, 0.3) is 5.65 Å². The van der Waals surface area contributed by atoms with Gasteiger partial charge in [0.15, 0.2) is 5.65 Å². The van der Waals surface area contributed by atoms with Crippen LogP contribution >= 0.6 is 15.9 Å². The normalized spacial score (nSPS) is 21.4. The molecule has 8 nitrogen and oxygen atoms in total. The minimum absolute atomic E-state index is 0.139. The van der Waals surface area contributed by atoms with Gasteiger partial charge in [-0.25, -0.2) is 9.31 Å². The Labute approximate surface area is 140 Å². The molecule has 0 aromatic carbocycles. The van der Waals surface area contributed by atoms with Crippen molar-refractivity contribution in [2.45, 2.75) is 13.3 Å². The maximum absolute atomic E-state index is 12.3. The van der Waals surface area contributed by atoms with E-state index in [1.54, 1.807) is 16.8 Å². The highest BCUT2D eigenvalue weighted by Gasteiger charge is 2.32. The zero-order valence-corrected chi connectivity index (χ0v) is 14.0. The smallest absolute Gasteiger partial charge is 0.324 e. The molecule has 1 fully saturated rings. The van der Waals surface area contributed by atoms with Crippen LogP contribution in [0.2, 0.25) is 0 Å². The molecule has 2 aromatic heterocycles. The molecule has 0 radical (unpaired) electrons. The first kappa shape index (κ1) is 15.7. The number of halogens is 1. The first-order valence-electron chi connectivity index (χ1n) is 7.23. The SMILES string of the molecule is CC1CC(C(=O)O)CN(C(=O)Nc2nc3cc(Br)ccn3n2)C1. The molecule has 2 N–H and O–H groups in total. The fourth-order valence-corrected chi connectivity index (χ4v) is 3.10. The number of anilines is 1. The first-order valence-corrected chi connectivity index (χ1v) is 8.02. The van der Waals surface area contributed by atoms with Crippen molar-refractivity contribution in [1.82, 2.24) is 19.5 Å². The van der Waals surface area contributed by atoms with Crippen LogP contribution in [0.1, 0.15) is 13.3 Å². The Kier molecular flexibility index (Phi) is 4.20. The lowest BCUT2D eigenvalue weighted by molar-refractivity contribution is -0.143. The minimum Gasteiger partial charge on any atom is -0.481 e. The molecule has 2 amide bonds. The number of nitrogens with zero attached hydrogens (tertiary/aromatic N) is 4. The Hall–Kier alpha value is -2.16. The van der Waals surface area contributed by atoms with Crippen LogP contribution in [0.5, 0.6) is 0 Å². The van der Waals surface area contributed by atoms with Gasteiger partial charge in [-0.05, 0) is 24.5 Å². The van der Waals surface area contributed by atoms with E-state index >= 15 is 0 Å². The van der Waals surface area contributed by atoms with E-state index in [1.165, 1.54) is 4.90 Å². The quantitative estimate of drug-likeness (QED) is 0.829. The molecule has 3 rings (SSSR count). The number of hydrogen-bond acceptors (Lipinski definition) is 4. The van der Waals surface area contributed by atoms with E-state index < -0.39 is 11.9 Å². The lowest BCUT2D eigenvalue weighted by Crippen LogP contribution is -2.47. The lowest BCUT2D eigenvalue weighted by atomic mass is 9.91. The maximum Gasteiger partial charge on any atom is 0.324 e. The van der Waals surface area contributed by atoms with E-state index in [1.807, 2.05) is 13.0 Å². The van der Waals surface area contributed by atoms with Gasteiger partial charge in [-0.3, -0.25) is 10.1 Å². The summed E-state index contributed by atoms with van der Waals surface area (Å²) in [6.07, 6.45) is 2.31. The highest BCUT2D eigenvalue weighted by Crippen LogP contribution is 2.22. The number of pyridine rings is 1. The van der Waals surface area contributed by atoms with Gasteiger partial charge in [-0.2, -0.15) is 4.98 Å². The predicted molar refractivity (Wildman–Crippen MR) is 86.2 cm³/mol. The van der Waals surface area contributed by atoms with Crippen molar-refractivity contribution in [3.8, 4) is 0 Å². The van der Waals surface area contributed by atoms with Gasteiger partial charge in [0.1, 0.15) is 0 Å². The number of carboxylic acids is 1. The molecule has 0 spiro atoms. The highest BCUT2D eigenvalue weighted by molar-refractivity contribution is 9.10. The molecule has 0 bridgehead atoms. The summed E-state index contributed by atoms with van der Waals surface area (Å²) >= 11 is 3.35. The molecule has 1 aliphatic heterocycles. The van der Waals surface area contributed by atoms with Gasteiger partial charge in [-0.1, -0.05) is 22.9 Å². The van der Waals surface area contributed by atoms with Crippen LogP contribution in [0.4, 0.5) is 10.7 Å². The number of carbonyl (C=O) groups is 2. The van der Waals surface area contributed by atoms with Crippen LogP contribution in [-0.4, -0.2) is 49.7 Å². The predicted octanol–water partition coefficient (Wildman–Crippen LogP) is 2.07. The molecular weight excluding hydrogens is 366 g/mol. The van der Waals surface area contributed by atoms with Crippen molar-refractivity contribution in [3.63, 3.8) is 0 Å². The number of rotatable bonds is 2. The zero-order chi connectivity index (χ0) is 16.6. The van der Waals surface area contributed by atoms with Crippen molar-refractivity contribution in [2.24, 2.45) is 11.8 Å². The summed E-state index contributed by atoms with van der Waals surface area (Å²) in [6, 6.07) is 3.22. The van der Waals surface area contributed by atoms with Crippen LogP contribution in [0, 0.1) is 11.8 Å². The maximum atomic E-state index is 12.3.